The Bertz CT molecular complexity index is 1010. The minimum Gasteiger partial charge on any atom is -0.229 e. The summed E-state index contributed by atoms with van der Waals surface area (Å²) >= 11 is 0. The summed E-state index contributed by atoms with van der Waals surface area (Å²) in [6.45, 7) is 2.22. The van der Waals surface area contributed by atoms with Gasteiger partial charge in [0.1, 0.15) is 5.52 Å². The average molecular weight is 325 g/mol. The van der Waals surface area contributed by atoms with Crippen LogP contribution >= 0.6 is 0 Å². The Morgan fingerprint density at radius 3 is 2.08 bits per heavy atom. The summed E-state index contributed by atoms with van der Waals surface area (Å²) in [7, 11) is 2.11. The second-order valence-electron chi connectivity index (χ2n) is 6.39. The second-order valence-corrected chi connectivity index (χ2v) is 6.39. The molecule has 0 aliphatic rings. The van der Waals surface area contributed by atoms with Crippen LogP contribution in [0.15, 0.2) is 84.9 Å². The van der Waals surface area contributed by atoms with Gasteiger partial charge < -0.3 is 0 Å². The Labute approximate surface area is 148 Å². The van der Waals surface area contributed by atoms with Gasteiger partial charge in [-0.25, -0.2) is 4.57 Å². The van der Waals surface area contributed by atoms with Crippen LogP contribution in [-0.2, 0) is 7.05 Å². The monoisotopic (exact) mass is 325 g/mol. The van der Waals surface area contributed by atoms with Gasteiger partial charge in [-0.2, -0.15) is 0 Å². The maximum absolute atomic E-state index is 5.11. The van der Waals surface area contributed by atoms with Crippen molar-refractivity contribution < 1.29 is 4.57 Å². The molecule has 25 heavy (non-hydrogen) atoms. The highest BCUT2D eigenvalue weighted by atomic mass is 15.0. The second kappa shape index (κ2) is 6.48. The van der Waals surface area contributed by atoms with E-state index < -0.39 is 0 Å². The summed E-state index contributed by atoms with van der Waals surface area (Å²) in [5.41, 5.74) is 4.68. The topological polar surface area (TPSA) is 16.8 Å². The molecule has 1 aromatic heterocycles. The molecule has 0 amide bonds. The van der Waals surface area contributed by atoms with Crippen LogP contribution in [0.3, 0.4) is 0 Å². The first-order chi connectivity index (χ1) is 12.3. The molecule has 0 spiro atoms. The van der Waals surface area contributed by atoms with Gasteiger partial charge in [0, 0.05) is 5.56 Å². The normalized spacial score (nSPS) is 12.2. The van der Waals surface area contributed by atoms with Gasteiger partial charge in [0.25, 0.3) is 0 Å². The third-order valence-corrected chi connectivity index (χ3v) is 4.82. The Morgan fingerprint density at radius 2 is 1.36 bits per heavy atom. The van der Waals surface area contributed by atoms with Crippen LogP contribution in [0, 0.1) is 0 Å². The van der Waals surface area contributed by atoms with Gasteiger partial charge >= 0.3 is 5.82 Å². The third-order valence-electron chi connectivity index (χ3n) is 4.82. The van der Waals surface area contributed by atoms with Gasteiger partial charge in [-0.1, -0.05) is 72.8 Å². The summed E-state index contributed by atoms with van der Waals surface area (Å²) in [6.07, 6.45) is 0. The highest BCUT2D eigenvalue weighted by molar-refractivity contribution is 5.90. The maximum atomic E-state index is 5.11. The molecule has 0 N–H and O–H groups in total. The zero-order chi connectivity index (χ0) is 17.2. The van der Waals surface area contributed by atoms with Crippen molar-refractivity contribution in [3.05, 3.63) is 96.3 Å². The van der Waals surface area contributed by atoms with Crippen molar-refractivity contribution in [3.63, 3.8) is 0 Å². The van der Waals surface area contributed by atoms with Gasteiger partial charge in [-0.3, -0.25) is 0 Å². The van der Waals surface area contributed by atoms with E-state index in [0.717, 1.165) is 17.1 Å². The number of hydrogen-bond donors (Lipinski definition) is 0. The van der Waals surface area contributed by atoms with Crippen LogP contribution in [0.4, 0.5) is 0 Å². The number of aryl methyl sites for hydroxylation is 1. The lowest BCUT2D eigenvalue weighted by atomic mass is 9.98. The van der Waals surface area contributed by atoms with E-state index in [-0.39, 0.29) is 5.92 Å². The van der Waals surface area contributed by atoms with E-state index >= 15 is 0 Å². The average Bonchev–Trinajstić information content (AvgIpc) is 2.69. The van der Waals surface area contributed by atoms with Crippen molar-refractivity contribution in [3.8, 4) is 11.3 Å². The largest absolute Gasteiger partial charge is 0.306 e. The fraction of sp³-hybridized carbons (Fsp3) is 0.130. The van der Waals surface area contributed by atoms with Gasteiger partial charge in [0.15, 0.2) is 5.69 Å². The van der Waals surface area contributed by atoms with Crippen molar-refractivity contribution in [2.24, 2.45) is 7.05 Å². The Morgan fingerprint density at radius 1 is 0.760 bits per heavy atom. The Balaban J connectivity index is 1.98. The molecule has 0 bridgehead atoms. The molecule has 0 aliphatic carbocycles. The van der Waals surface area contributed by atoms with E-state index in [1.54, 1.807) is 0 Å². The zero-order valence-corrected chi connectivity index (χ0v) is 14.6. The van der Waals surface area contributed by atoms with Crippen LogP contribution in [0.5, 0.6) is 0 Å². The molecule has 3 aromatic carbocycles. The molecular formula is C23H21N2+. The summed E-state index contributed by atoms with van der Waals surface area (Å²) in [6, 6.07) is 29.5. The number of hydrogen-bond acceptors (Lipinski definition) is 1. The van der Waals surface area contributed by atoms with Crippen LogP contribution in [0.2, 0.25) is 0 Å². The lowest BCUT2D eigenvalue weighted by molar-refractivity contribution is -0.656. The molecule has 1 heterocycles. The SMILES string of the molecule is CC(c1ccccc1)c1nc(-c2ccccc2)c2ccccc2[n+]1C. The molecule has 2 nitrogen and oxygen atoms in total. The molecule has 122 valence electrons. The van der Waals surface area contributed by atoms with Crippen LogP contribution < -0.4 is 4.57 Å². The molecule has 2 heteroatoms. The lowest BCUT2D eigenvalue weighted by Gasteiger charge is -2.12. The van der Waals surface area contributed by atoms with E-state index in [0.29, 0.717) is 0 Å². The predicted octanol–water partition coefficient (Wildman–Crippen LogP) is 4.88. The first kappa shape index (κ1) is 15.5. The fourth-order valence-electron chi connectivity index (χ4n) is 3.43. The van der Waals surface area contributed by atoms with E-state index in [2.05, 4.69) is 97.4 Å². The molecule has 0 saturated heterocycles. The first-order valence-corrected chi connectivity index (χ1v) is 8.65. The van der Waals surface area contributed by atoms with E-state index in [1.807, 2.05) is 6.07 Å². The number of benzene rings is 3. The highest BCUT2D eigenvalue weighted by Crippen LogP contribution is 2.28. The van der Waals surface area contributed by atoms with Gasteiger partial charge in [0.2, 0.25) is 0 Å². The minimum absolute atomic E-state index is 0.221. The van der Waals surface area contributed by atoms with Gasteiger partial charge in [-0.05, 0) is 29.6 Å². The molecule has 1 unspecified atom stereocenters. The quantitative estimate of drug-likeness (QED) is 0.491. The molecule has 0 aliphatic heterocycles. The number of fused-ring (bicyclic) bond motifs is 1. The molecule has 4 aromatic rings. The summed E-state index contributed by atoms with van der Waals surface area (Å²) in [4.78, 5) is 5.11. The summed E-state index contributed by atoms with van der Waals surface area (Å²) < 4.78 is 2.22. The van der Waals surface area contributed by atoms with Crippen molar-refractivity contribution in [1.29, 1.82) is 0 Å². The minimum atomic E-state index is 0.221. The smallest absolute Gasteiger partial charge is 0.229 e. The number of nitrogens with zero attached hydrogens (tertiary/aromatic N) is 2. The van der Waals surface area contributed by atoms with Crippen molar-refractivity contribution in [1.82, 2.24) is 4.98 Å². The number of para-hydroxylation sites is 1. The zero-order valence-electron chi connectivity index (χ0n) is 14.6. The van der Waals surface area contributed by atoms with Gasteiger partial charge in [-0.15, -0.1) is 0 Å². The molecular weight excluding hydrogens is 304 g/mol. The predicted molar refractivity (Wildman–Crippen MR) is 102 cm³/mol. The van der Waals surface area contributed by atoms with Crippen molar-refractivity contribution in [2.75, 3.05) is 0 Å². The van der Waals surface area contributed by atoms with E-state index in [4.69, 9.17) is 4.98 Å². The maximum Gasteiger partial charge on any atom is 0.306 e. The van der Waals surface area contributed by atoms with Gasteiger partial charge in [0.05, 0.1) is 18.4 Å². The van der Waals surface area contributed by atoms with Crippen LogP contribution in [0.25, 0.3) is 22.2 Å². The summed E-state index contributed by atoms with van der Waals surface area (Å²) in [5, 5.41) is 1.18. The summed E-state index contributed by atoms with van der Waals surface area (Å²) in [5.74, 6) is 1.29. The molecule has 0 fully saturated rings. The lowest BCUT2D eigenvalue weighted by Crippen LogP contribution is -2.37. The molecule has 1 atom stereocenters. The fourth-order valence-corrected chi connectivity index (χ4v) is 3.43. The first-order valence-electron chi connectivity index (χ1n) is 8.65. The van der Waals surface area contributed by atoms with Crippen LogP contribution in [-0.4, -0.2) is 4.98 Å². The number of aromatic nitrogens is 2. The number of rotatable bonds is 3. The van der Waals surface area contributed by atoms with Crippen molar-refractivity contribution in [2.45, 2.75) is 12.8 Å². The Hall–Kier alpha value is -3.00. The third kappa shape index (κ3) is 2.80. The molecule has 0 saturated carbocycles. The van der Waals surface area contributed by atoms with Crippen molar-refractivity contribution >= 4 is 10.9 Å². The van der Waals surface area contributed by atoms with E-state index in [9.17, 15) is 0 Å². The highest BCUT2D eigenvalue weighted by Gasteiger charge is 2.25. The Kier molecular flexibility index (Phi) is 4.02. The van der Waals surface area contributed by atoms with Crippen LogP contribution in [0.1, 0.15) is 24.2 Å². The van der Waals surface area contributed by atoms with E-state index in [1.165, 1.54) is 16.5 Å². The molecule has 0 radical (unpaired) electrons. The standard InChI is InChI=1S/C23H21N2/c1-17(18-11-5-3-6-12-18)23-24-22(19-13-7-4-8-14-19)20-15-9-10-16-21(20)25(23)2/h3-17H,1-2H3/q+1. The molecule has 4 rings (SSSR count).